The zero-order chi connectivity index (χ0) is 17.1. The van der Waals surface area contributed by atoms with Crippen LogP contribution in [0.25, 0.3) is 0 Å². The molecule has 0 saturated heterocycles. The number of nitrogens with one attached hydrogen (secondary N) is 2. The largest absolute Gasteiger partial charge is 0.481 e. The molecule has 0 unspecified atom stereocenters. The van der Waals surface area contributed by atoms with E-state index in [0.717, 1.165) is 0 Å². The van der Waals surface area contributed by atoms with Crippen molar-refractivity contribution < 1.29 is 19.4 Å². The number of carboxylic acids is 1. The minimum absolute atomic E-state index is 0.163. The standard InChI is InChI=1S/C10H15N3O4.C2H6.CH5N/c1-10(2,3)17-9(16)13-8-11-5-6(12-8)4-7(14)15;2*1-2/h5H,4H2,1-3H3,(H,14,15)(H2,11,12,13,16);1-2H3;2H2,1H3. The van der Waals surface area contributed by atoms with Gasteiger partial charge in [0.1, 0.15) is 5.60 Å². The van der Waals surface area contributed by atoms with E-state index in [1.54, 1.807) is 20.8 Å². The number of rotatable bonds is 3. The van der Waals surface area contributed by atoms with Crippen molar-refractivity contribution in [3.8, 4) is 0 Å². The van der Waals surface area contributed by atoms with E-state index in [4.69, 9.17) is 9.84 Å². The molecule has 5 N–H and O–H groups in total. The number of imidazole rings is 1. The smallest absolute Gasteiger partial charge is 0.414 e. The number of carbonyl (C=O) groups is 2. The summed E-state index contributed by atoms with van der Waals surface area (Å²) in [5.74, 6) is -0.812. The van der Waals surface area contributed by atoms with Crippen molar-refractivity contribution in [2.75, 3.05) is 12.4 Å². The number of H-pyrrole nitrogens is 1. The summed E-state index contributed by atoms with van der Waals surface area (Å²) in [5.41, 5.74) is 4.31. The average molecular weight is 302 g/mol. The number of nitrogens with two attached hydrogens (primary N) is 1. The van der Waals surface area contributed by atoms with Crippen LogP contribution in [0.4, 0.5) is 10.7 Å². The van der Waals surface area contributed by atoms with E-state index >= 15 is 0 Å². The molecule has 1 aromatic heterocycles. The maximum absolute atomic E-state index is 11.3. The summed E-state index contributed by atoms with van der Waals surface area (Å²) in [7, 11) is 1.50. The number of aromatic nitrogens is 2. The van der Waals surface area contributed by atoms with Gasteiger partial charge in [-0.3, -0.25) is 10.1 Å². The monoisotopic (exact) mass is 302 g/mol. The Morgan fingerprint density at radius 2 is 1.90 bits per heavy atom. The zero-order valence-corrected chi connectivity index (χ0v) is 13.5. The summed E-state index contributed by atoms with van der Waals surface area (Å²) in [6.45, 7) is 9.22. The van der Waals surface area contributed by atoms with Crippen LogP contribution in [0, 0.1) is 0 Å². The Labute approximate surface area is 125 Å². The van der Waals surface area contributed by atoms with Crippen LogP contribution in [-0.4, -0.2) is 39.8 Å². The summed E-state index contributed by atoms with van der Waals surface area (Å²) in [6.07, 6.45) is 0.526. The Balaban J connectivity index is 0. The average Bonchev–Trinajstić information content (AvgIpc) is 2.78. The first-order chi connectivity index (χ1) is 9.76. The van der Waals surface area contributed by atoms with Gasteiger partial charge >= 0.3 is 12.1 Å². The number of amides is 1. The fourth-order valence-corrected chi connectivity index (χ4v) is 1.08. The lowest BCUT2D eigenvalue weighted by Gasteiger charge is -2.18. The highest BCUT2D eigenvalue weighted by Gasteiger charge is 2.17. The number of aromatic amines is 1. The molecule has 1 heterocycles. The Morgan fingerprint density at radius 1 is 1.38 bits per heavy atom. The molecule has 122 valence electrons. The lowest BCUT2D eigenvalue weighted by Crippen LogP contribution is -2.27. The van der Waals surface area contributed by atoms with Crippen LogP contribution >= 0.6 is 0 Å². The SMILES string of the molecule is CC.CC(C)(C)OC(=O)Nc1ncc(CC(=O)O)[nH]1.CN. The highest BCUT2D eigenvalue weighted by molar-refractivity contribution is 5.82. The fraction of sp³-hybridized carbons (Fsp3) is 0.615. The van der Waals surface area contributed by atoms with Crippen molar-refractivity contribution in [1.29, 1.82) is 0 Å². The second-order valence-corrected chi connectivity index (χ2v) is 4.45. The first-order valence-electron chi connectivity index (χ1n) is 6.60. The van der Waals surface area contributed by atoms with E-state index in [1.807, 2.05) is 13.8 Å². The van der Waals surface area contributed by atoms with Crippen LogP contribution < -0.4 is 11.1 Å². The number of carboxylic acid groups (broad SMARTS) is 1. The van der Waals surface area contributed by atoms with Crippen molar-refractivity contribution >= 4 is 18.0 Å². The van der Waals surface area contributed by atoms with E-state index in [-0.39, 0.29) is 12.4 Å². The predicted molar refractivity (Wildman–Crippen MR) is 81.2 cm³/mol. The molecule has 0 aliphatic heterocycles. The minimum atomic E-state index is -0.975. The molecule has 0 aromatic carbocycles. The van der Waals surface area contributed by atoms with E-state index in [1.165, 1.54) is 13.2 Å². The molecule has 21 heavy (non-hydrogen) atoms. The minimum Gasteiger partial charge on any atom is -0.481 e. The summed E-state index contributed by atoms with van der Waals surface area (Å²) >= 11 is 0. The van der Waals surface area contributed by atoms with Crippen LogP contribution in [0.2, 0.25) is 0 Å². The fourth-order valence-electron chi connectivity index (χ4n) is 1.08. The van der Waals surface area contributed by atoms with Crippen LogP contribution in [0.3, 0.4) is 0 Å². The highest BCUT2D eigenvalue weighted by atomic mass is 16.6. The van der Waals surface area contributed by atoms with Gasteiger partial charge in [-0.2, -0.15) is 0 Å². The van der Waals surface area contributed by atoms with Crippen molar-refractivity contribution in [1.82, 2.24) is 9.97 Å². The van der Waals surface area contributed by atoms with E-state index in [2.05, 4.69) is 21.0 Å². The van der Waals surface area contributed by atoms with Gasteiger partial charge in [0.15, 0.2) is 0 Å². The van der Waals surface area contributed by atoms with Gasteiger partial charge in [-0.25, -0.2) is 9.78 Å². The number of anilines is 1. The molecule has 8 heteroatoms. The second kappa shape index (κ2) is 10.7. The zero-order valence-electron chi connectivity index (χ0n) is 13.5. The summed E-state index contributed by atoms with van der Waals surface area (Å²) < 4.78 is 5.01. The Kier molecular flexibility index (Phi) is 10.8. The molecule has 0 aliphatic carbocycles. The van der Waals surface area contributed by atoms with Crippen molar-refractivity contribution in [2.24, 2.45) is 5.73 Å². The first-order valence-corrected chi connectivity index (χ1v) is 6.60. The van der Waals surface area contributed by atoms with Gasteiger partial charge in [0.2, 0.25) is 5.95 Å². The highest BCUT2D eigenvalue weighted by Crippen LogP contribution is 2.09. The molecule has 1 rings (SSSR count). The van der Waals surface area contributed by atoms with Crippen LogP contribution in [0.1, 0.15) is 40.3 Å². The van der Waals surface area contributed by atoms with Crippen LogP contribution in [0.15, 0.2) is 6.20 Å². The van der Waals surface area contributed by atoms with Crippen molar-refractivity contribution in [3.05, 3.63) is 11.9 Å². The van der Waals surface area contributed by atoms with Gasteiger partial charge in [0, 0.05) is 5.69 Å². The van der Waals surface area contributed by atoms with E-state index < -0.39 is 17.7 Å². The van der Waals surface area contributed by atoms with Gasteiger partial charge in [-0.1, -0.05) is 13.8 Å². The molecule has 0 bridgehead atoms. The lowest BCUT2D eigenvalue weighted by atomic mass is 10.2. The molecule has 1 amide bonds. The number of carbonyl (C=O) groups excluding carboxylic acids is 1. The summed E-state index contributed by atoms with van der Waals surface area (Å²) in [4.78, 5) is 28.2. The molecule has 0 aliphatic rings. The Hall–Kier alpha value is -2.09. The topological polar surface area (TPSA) is 130 Å². The third-order valence-electron chi connectivity index (χ3n) is 1.59. The number of aliphatic carboxylic acids is 1. The van der Waals surface area contributed by atoms with Gasteiger partial charge in [0.25, 0.3) is 0 Å². The predicted octanol–water partition coefficient (Wildman–Crippen LogP) is 1.98. The van der Waals surface area contributed by atoms with Gasteiger partial charge in [0.05, 0.1) is 12.6 Å². The molecule has 0 fully saturated rings. The molecular formula is C13H26N4O4. The van der Waals surface area contributed by atoms with E-state index in [0.29, 0.717) is 5.69 Å². The van der Waals surface area contributed by atoms with Crippen molar-refractivity contribution in [3.63, 3.8) is 0 Å². The quantitative estimate of drug-likeness (QED) is 0.675. The third-order valence-corrected chi connectivity index (χ3v) is 1.59. The van der Waals surface area contributed by atoms with Crippen molar-refractivity contribution in [2.45, 2.75) is 46.6 Å². The summed E-state index contributed by atoms with van der Waals surface area (Å²) in [5, 5.41) is 10.9. The van der Waals surface area contributed by atoms with Crippen LogP contribution in [0.5, 0.6) is 0 Å². The number of hydrogen-bond donors (Lipinski definition) is 4. The molecule has 8 nitrogen and oxygen atoms in total. The lowest BCUT2D eigenvalue weighted by molar-refractivity contribution is -0.136. The van der Waals surface area contributed by atoms with Gasteiger partial charge in [-0.15, -0.1) is 0 Å². The molecule has 0 spiro atoms. The first kappa shape index (κ1) is 21.2. The molecular weight excluding hydrogens is 276 g/mol. The maximum Gasteiger partial charge on any atom is 0.414 e. The van der Waals surface area contributed by atoms with Crippen LogP contribution in [-0.2, 0) is 16.0 Å². The number of hydrogen-bond acceptors (Lipinski definition) is 5. The third kappa shape index (κ3) is 11.4. The molecule has 1 aromatic rings. The Bertz CT molecular complexity index is 424. The molecule has 0 radical (unpaired) electrons. The Morgan fingerprint density at radius 3 is 2.33 bits per heavy atom. The summed E-state index contributed by atoms with van der Waals surface area (Å²) in [6, 6.07) is 0. The molecule has 0 atom stereocenters. The normalized spacial score (nSPS) is 9.48. The maximum atomic E-state index is 11.3. The van der Waals surface area contributed by atoms with Gasteiger partial charge < -0.3 is 20.6 Å². The number of nitrogens with zero attached hydrogens (tertiary/aromatic N) is 1. The molecule has 0 saturated carbocycles. The second-order valence-electron chi connectivity index (χ2n) is 4.45. The van der Waals surface area contributed by atoms with E-state index in [9.17, 15) is 9.59 Å². The van der Waals surface area contributed by atoms with Gasteiger partial charge in [-0.05, 0) is 27.8 Å². The number of ether oxygens (including phenoxy) is 1.